The maximum absolute atomic E-state index is 12.6. The summed E-state index contributed by atoms with van der Waals surface area (Å²) in [6, 6.07) is 5.17. The zero-order valence-corrected chi connectivity index (χ0v) is 11.5. The van der Waals surface area contributed by atoms with Gasteiger partial charge in [-0.2, -0.15) is 13.2 Å². The Labute approximate surface area is 117 Å². The van der Waals surface area contributed by atoms with Crippen molar-refractivity contribution < 1.29 is 21.6 Å². The minimum Gasteiger partial charge on any atom is -0.265 e. The summed E-state index contributed by atoms with van der Waals surface area (Å²) >= 11 is 0.866. The number of rotatable bonds is 4. The standard InChI is InChI=1S/C11H9F3N2O2S2/c12-11(13,14)8-16(9-3-5-15-6-4-9)20(17,18)10-2-1-7-19-10/h1-7H,8H2. The number of pyridine rings is 1. The van der Waals surface area contributed by atoms with Crippen molar-refractivity contribution in [3.8, 4) is 0 Å². The Morgan fingerprint density at radius 2 is 1.85 bits per heavy atom. The van der Waals surface area contributed by atoms with Crippen molar-refractivity contribution in [2.24, 2.45) is 0 Å². The molecular formula is C11H9F3N2O2S2. The van der Waals surface area contributed by atoms with Crippen LogP contribution in [0.2, 0.25) is 0 Å². The van der Waals surface area contributed by atoms with E-state index in [9.17, 15) is 21.6 Å². The molecule has 4 nitrogen and oxygen atoms in total. The lowest BCUT2D eigenvalue weighted by atomic mass is 10.4. The molecule has 0 unspecified atom stereocenters. The van der Waals surface area contributed by atoms with Crippen LogP contribution >= 0.6 is 11.3 Å². The molecule has 9 heteroatoms. The SMILES string of the molecule is O=S(=O)(c1cccs1)N(CC(F)(F)F)c1ccncc1. The first kappa shape index (κ1) is 14.8. The highest BCUT2D eigenvalue weighted by molar-refractivity contribution is 7.94. The highest BCUT2D eigenvalue weighted by Gasteiger charge is 2.37. The summed E-state index contributed by atoms with van der Waals surface area (Å²) in [6.07, 6.45) is -2.17. The maximum atomic E-state index is 12.6. The number of anilines is 1. The predicted octanol–water partition coefficient (Wildman–Crippen LogP) is 2.90. The Balaban J connectivity index is 2.48. The Bertz CT molecular complexity index is 655. The number of hydrogen-bond donors (Lipinski definition) is 0. The highest BCUT2D eigenvalue weighted by atomic mass is 32.2. The van der Waals surface area contributed by atoms with E-state index >= 15 is 0 Å². The van der Waals surface area contributed by atoms with E-state index in [0.717, 1.165) is 11.3 Å². The normalized spacial score (nSPS) is 12.3. The summed E-state index contributed by atoms with van der Waals surface area (Å²) in [7, 11) is -4.24. The average molecular weight is 322 g/mol. The summed E-state index contributed by atoms with van der Waals surface area (Å²) in [5, 5.41) is 1.49. The molecule has 0 aliphatic rings. The number of alkyl halides is 3. The Hall–Kier alpha value is -1.61. The minimum atomic E-state index is -4.65. The third kappa shape index (κ3) is 3.28. The fourth-order valence-corrected chi connectivity index (χ4v) is 4.06. The molecule has 0 bridgehead atoms. The molecule has 0 atom stereocenters. The second-order valence-corrected chi connectivity index (χ2v) is 6.80. The molecule has 2 heterocycles. The molecule has 0 amide bonds. The van der Waals surface area contributed by atoms with Crippen LogP contribution < -0.4 is 4.31 Å². The molecule has 0 aliphatic heterocycles. The van der Waals surface area contributed by atoms with Crippen LogP contribution in [0.1, 0.15) is 0 Å². The summed E-state index contributed by atoms with van der Waals surface area (Å²) in [4.78, 5) is 3.67. The van der Waals surface area contributed by atoms with Crippen LogP contribution in [-0.2, 0) is 10.0 Å². The summed E-state index contributed by atoms with van der Waals surface area (Å²) in [5.74, 6) is 0. The first-order chi connectivity index (χ1) is 9.31. The fraction of sp³-hybridized carbons (Fsp3) is 0.182. The smallest absolute Gasteiger partial charge is 0.265 e. The molecule has 0 saturated heterocycles. The van der Waals surface area contributed by atoms with Crippen LogP contribution in [0.4, 0.5) is 18.9 Å². The largest absolute Gasteiger partial charge is 0.407 e. The van der Waals surface area contributed by atoms with Crippen LogP contribution in [0.5, 0.6) is 0 Å². The van der Waals surface area contributed by atoms with Crippen LogP contribution in [-0.4, -0.2) is 26.1 Å². The lowest BCUT2D eigenvalue weighted by Crippen LogP contribution is -2.38. The first-order valence-electron chi connectivity index (χ1n) is 5.34. The number of hydrogen-bond acceptors (Lipinski definition) is 4. The predicted molar refractivity (Wildman–Crippen MR) is 69.1 cm³/mol. The van der Waals surface area contributed by atoms with Crippen LogP contribution in [0.15, 0.2) is 46.2 Å². The summed E-state index contributed by atoms with van der Waals surface area (Å²) < 4.78 is 62.7. The molecule has 20 heavy (non-hydrogen) atoms. The van der Waals surface area contributed by atoms with Gasteiger partial charge >= 0.3 is 6.18 Å². The topological polar surface area (TPSA) is 50.3 Å². The number of sulfonamides is 1. The van der Waals surface area contributed by atoms with Gasteiger partial charge in [0.2, 0.25) is 0 Å². The maximum Gasteiger partial charge on any atom is 0.407 e. The van der Waals surface area contributed by atoms with E-state index < -0.39 is 22.7 Å². The lowest BCUT2D eigenvalue weighted by molar-refractivity contribution is -0.117. The summed E-state index contributed by atoms with van der Waals surface area (Å²) in [5.41, 5.74) is -0.0780. The van der Waals surface area contributed by atoms with Crippen molar-refractivity contribution in [3.05, 3.63) is 42.0 Å². The molecule has 0 N–H and O–H groups in total. The molecule has 0 aliphatic carbocycles. The van der Waals surface area contributed by atoms with Crippen LogP contribution in [0.3, 0.4) is 0 Å². The van der Waals surface area contributed by atoms with Crippen LogP contribution in [0.25, 0.3) is 0 Å². The number of halogens is 3. The van der Waals surface area contributed by atoms with Crippen molar-refractivity contribution in [2.45, 2.75) is 10.4 Å². The van der Waals surface area contributed by atoms with Gasteiger partial charge in [-0.15, -0.1) is 11.3 Å². The Morgan fingerprint density at radius 1 is 1.20 bits per heavy atom. The molecule has 0 fully saturated rings. The zero-order chi connectivity index (χ0) is 14.8. The second-order valence-electron chi connectivity index (χ2n) is 3.76. The minimum absolute atomic E-state index is 0.0780. The van der Waals surface area contributed by atoms with Gasteiger partial charge in [0.25, 0.3) is 10.0 Å². The Kier molecular flexibility index (Phi) is 4.00. The van der Waals surface area contributed by atoms with E-state index in [4.69, 9.17) is 0 Å². The average Bonchev–Trinajstić information content (AvgIpc) is 2.90. The van der Waals surface area contributed by atoms with E-state index in [1.807, 2.05) is 0 Å². The van der Waals surface area contributed by atoms with Gasteiger partial charge in [-0.25, -0.2) is 8.42 Å². The molecule has 0 radical (unpaired) electrons. The van der Waals surface area contributed by atoms with Gasteiger partial charge in [0, 0.05) is 12.4 Å². The monoisotopic (exact) mass is 322 g/mol. The molecule has 108 valence electrons. The van der Waals surface area contributed by atoms with Crippen molar-refractivity contribution in [3.63, 3.8) is 0 Å². The zero-order valence-electron chi connectivity index (χ0n) is 9.91. The van der Waals surface area contributed by atoms with Gasteiger partial charge in [0.1, 0.15) is 10.8 Å². The van der Waals surface area contributed by atoms with Crippen molar-refractivity contribution in [2.75, 3.05) is 10.8 Å². The molecule has 0 aromatic carbocycles. The van der Waals surface area contributed by atoms with Crippen molar-refractivity contribution in [1.82, 2.24) is 4.98 Å². The molecule has 2 rings (SSSR count). The van der Waals surface area contributed by atoms with E-state index in [1.165, 1.54) is 42.0 Å². The molecule has 2 aromatic rings. The van der Waals surface area contributed by atoms with Gasteiger partial charge in [0.05, 0.1) is 5.69 Å². The molecule has 0 saturated carbocycles. The van der Waals surface area contributed by atoms with E-state index in [-0.39, 0.29) is 9.90 Å². The van der Waals surface area contributed by atoms with Crippen molar-refractivity contribution in [1.29, 1.82) is 0 Å². The van der Waals surface area contributed by atoms with E-state index in [0.29, 0.717) is 4.31 Å². The highest BCUT2D eigenvalue weighted by Crippen LogP contribution is 2.29. The van der Waals surface area contributed by atoms with Crippen LogP contribution in [0, 0.1) is 0 Å². The van der Waals surface area contributed by atoms with E-state index in [2.05, 4.69) is 4.98 Å². The van der Waals surface area contributed by atoms with Gasteiger partial charge in [-0.3, -0.25) is 9.29 Å². The number of nitrogens with zero attached hydrogens (tertiary/aromatic N) is 2. The number of thiophene rings is 1. The third-order valence-corrected chi connectivity index (χ3v) is 5.46. The summed E-state index contributed by atoms with van der Waals surface area (Å²) in [6.45, 7) is -1.59. The molecule has 0 spiro atoms. The van der Waals surface area contributed by atoms with Gasteiger partial charge < -0.3 is 0 Å². The van der Waals surface area contributed by atoms with E-state index in [1.54, 1.807) is 0 Å². The first-order valence-corrected chi connectivity index (χ1v) is 7.66. The lowest BCUT2D eigenvalue weighted by Gasteiger charge is -2.24. The number of aromatic nitrogens is 1. The fourth-order valence-electron chi connectivity index (χ4n) is 1.51. The van der Waals surface area contributed by atoms with Gasteiger partial charge in [-0.05, 0) is 23.6 Å². The molecular weight excluding hydrogens is 313 g/mol. The second kappa shape index (κ2) is 5.41. The van der Waals surface area contributed by atoms with Gasteiger partial charge in [0.15, 0.2) is 0 Å². The Morgan fingerprint density at radius 3 is 2.35 bits per heavy atom. The van der Waals surface area contributed by atoms with Gasteiger partial charge in [-0.1, -0.05) is 6.07 Å². The third-order valence-electron chi connectivity index (χ3n) is 2.31. The molecule has 2 aromatic heterocycles. The van der Waals surface area contributed by atoms with Crippen molar-refractivity contribution >= 4 is 27.0 Å². The quantitative estimate of drug-likeness (QED) is 0.870.